The monoisotopic (exact) mass is 256 g/mol. The Morgan fingerprint density at radius 3 is 2.32 bits per heavy atom. The minimum Gasteiger partial charge on any atom is -0.342 e. The second-order valence-electron chi connectivity index (χ2n) is 5.56. The SMILES string of the molecule is CCC(C)(CC)c1nc2cc3nc(C)[nH]c3cc2[nH]1. The van der Waals surface area contributed by atoms with Gasteiger partial charge in [0.2, 0.25) is 0 Å². The third kappa shape index (κ3) is 1.82. The molecule has 0 aliphatic heterocycles. The first kappa shape index (κ1) is 12.2. The van der Waals surface area contributed by atoms with E-state index in [0.717, 1.165) is 46.6 Å². The van der Waals surface area contributed by atoms with Gasteiger partial charge in [-0.05, 0) is 31.9 Å². The predicted molar refractivity (Wildman–Crippen MR) is 78.4 cm³/mol. The lowest BCUT2D eigenvalue weighted by Crippen LogP contribution is -2.21. The molecule has 2 aromatic heterocycles. The van der Waals surface area contributed by atoms with E-state index in [-0.39, 0.29) is 5.41 Å². The molecular formula is C15H20N4. The van der Waals surface area contributed by atoms with Crippen molar-refractivity contribution in [1.82, 2.24) is 19.9 Å². The third-order valence-electron chi connectivity index (χ3n) is 4.34. The molecule has 4 nitrogen and oxygen atoms in total. The Morgan fingerprint density at radius 1 is 1.00 bits per heavy atom. The van der Waals surface area contributed by atoms with Crippen molar-refractivity contribution in [3.8, 4) is 0 Å². The number of aromatic amines is 2. The molecule has 1 aromatic carbocycles. The van der Waals surface area contributed by atoms with Gasteiger partial charge in [0.25, 0.3) is 0 Å². The van der Waals surface area contributed by atoms with Crippen molar-refractivity contribution in [2.45, 2.75) is 46.0 Å². The molecule has 0 bridgehead atoms. The predicted octanol–water partition coefficient (Wildman–Crippen LogP) is 3.83. The zero-order valence-electron chi connectivity index (χ0n) is 12.0. The number of nitrogens with zero attached hydrogens (tertiary/aromatic N) is 2. The molecular weight excluding hydrogens is 236 g/mol. The Kier molecular flexibility index (Phi) is 2.62. The molecule has 0 radical (unpaired) electrons. The summed E-state index contributed by atoms with van der Waals surface area (Å²) >= 11 is 0. The maximum absolute atomic E-state index is 4.78. The molecule has 0 aliphatic rings. The van der Waals surface area contributed by atoms with Gasteiger partial charge in [0, 0.05) is 5.41 Å². The van der Waals surface area contributed by atoms with E-state index in [1.807, 2.05) is 6.92 Å². The Hall–Kier alpha value is -1.84. The maximum atomic E-state index is 4.78. The second kappa shape index (κ2) is 4.08. The van der Waals surface area contributed by atoms with Crippen molar-refractivity contribution in [3.05, 3.63) is 23.8 Å². The van der Waals surface area contributed by atoms with Gasteiger partial charge in [0.15, 0.2) is 0 Å². The fraction of sp³-hybridized carbons (Fsp3) is 0.467. The number of nitrogens with one attached hydrogen (secondary N) is 2. The summed E-state index contributed by atoms with van der Waals surface area (Å²) in [6, 6.07) is 4.16. The van der Waals surface area contributed by atoms with Crippen molar-refractivity contribution >= 4 is 22.1 Å². The lowest BCUT2D eigenvalue weighted by atomic mass is 9.84. The first-order valence-corrected chi connectivity index (χ1v) is 6.92. The molecule has 0 amide bonds. The Morgan fingerprint density at radius 2 is 1.63 bits per heavy atom. The lowest BCUT2D eigenvalue weighted by Gasteiger charge is -2.23. The van der Waals surface area contributed by atoms with Crippen LogP contribution in [0.3, 0.4) is 0 Å². The first-order valence-electron chi connectivity index (χ1n) is 6.92. The standard InChI is InChI=1S/C15H20N4/c1-5-15(4,6-2)14-18-12-7-10-11(8-13(12)19-14)17-9(3)16-10/h7-8H,5-6H2,1-4H3,(H,16,17)(H,18,19). The van der Waals surface area contributed by atoms with Gasteiger partial charge in [-0.15, -0.1) is 0 Å². The molecule has 0 unspecified atom stereocenters. The van der Waals surface area contributed by atoms with Crippen LogP contribution in [0.25, 0.3) is 22.1 Å². The quantitative estimate of drug-likeness (QED) is 0.748. The van der Waals surface area contributed by atoms with E-state index in [1.165, 1.54) is 0 Å². The molecule has 0 saturated carbocycles. The van der Waals surface area contributed by atoms with Gasteiger partial charge in [-0.2, -0.15) is 0 Å². The van der Waals surface area contributed by atoms with Crippen LogP contribution >= 0.6 is 0 Å². The van der Waals surface area contributed by atoms with Crippen LogP contribution in [0.4, 0.5) is 0 Å². The van der Waals surface area contributed by atoms with E-state index in [2.05, 4.69) is 47.9 Å². The summed E-state index contributed by atoms with van der Waals surface area (Å²) < 4.78 is 0. The summed E-state index contributed by atoms with van der Waals surface area (Å²) in [6.07, 6.45) is 2.16. The van der Waals surface area contributed by atoms with Crippen LogP contribution < -0.4 is 0 Å². The van der Waals surface area contributed by atoms with Crippen molar-refractivity contribution < 1.29 is 0 Å². The minimum absolute atomic E-state index is 0.121. The highest BCUT2D eigenvalue weighted by Gasteiger charge is 2.26. The molecule has 100 valence electrons. The van der Waals surface area contributed by atoms with E-state index in [1.54, 1.807) is 0 Å². The lowest BCUT2D eigenvalue weighted by molar-refractivity contribution is 0.416. The van der Waals surface area contributed by atoms with Gasteiger partial charge < -0.3 is 9.97 Å². The fourth-order valence-electron chi connectivity index (χ4n) is 2.51. The first-order chi connectivity index (χ1) is 9.05. The summed E-state index contributed by atoms with van der Waals surface area (Å²) in [5.41, 5.74) is 4.25. The average Bonchev–Trinajstić information content (AvgIpc) is 2.96. The van der Waals surface area contributed by atoms with Crippen LogP contribution in [0.1, 0.15) is 45.3 Å². The molecule has 19 heavy (non-hydrogen) atoms. The summed E-state index contributed by atoms with van der Waals surface area (Å²) in [7, 11) is 0. The summed E-state index contributed by atoms with van der Waals surface area (Å²) in [4.78, 5) is 16.0. The van der Waals surface area contributed by atoms with Gasteiger partial charge in [0.1, 0.15) is 11.6 Å². The van der Waals surface area contributed by atoms with Crippen LogP contribution in [0, 0.1) is 6.92 Å². The van der Waals surface area contributed by atoms with Crippen LogP contribution in [-0.4, -0.2) is 19.9 Å². The molecule has 0 atom stereocenters. The molecule has 2 heterocycles. The van der Waals surface area contributed by atoms with Crippen LogP contribution in [-0.2, 0) is 5.41 Å². The van der Waals surface area contributed by atoms with Gasteiger partial charge >= 0.3 is 0 Å². The summed E-state index contributed by atoms with van der Waals surface area (Å²) in [5.74, 6) is 2.02. The van der Waals surface area contributed by atoms with Crippen LogP contribution in [0.15, 0.2) is 12.1 Å². The Balaban J connectivity index is 2.20. The molecule has 0 saturated heterocycles. The van der Waals surface area contributed by atoms with Crippen molar-refractivity contribution in [3.63, 3.8) is 0 Å². The topological polar surface area (TPSA) is 57.4 Å². The zero-order chi connectivity index (χ0) is 13.6. The van der Waals surface area contributed by atoms with Crippen molar-refractivity contribution in [1.29, 1.82) is 0 Å². The van der Waals surface area contributed by atoms with Crippen molar-refractivity contribution in [2.24, 2.45) is 0 Å². The van der Waals surface area contributed by atoms with Crippen molar-refractivity contribution in [2.75, 3.05) is 0 Å². The number of benzene rings is 1. The molecule has 2 N–H and O–H groups in total. The van der Waals surface area contributed by atoms with E-state index in [0.29, 0.717) is 0 Å². The van der Waals surface area contributed by atoms with Crippen LogP contribution in [0.5, 0.6) is 0 Å². The number of H-pyrrole nitrogens is 2. The Bertz CT molecular complexity index is 680. The van der Waals surface area contributed by atoms with Gasteiger partial charge in [-0.1, -0.05) is 20.8 Å². The van der Waals surface area contributed by atoms with Gasteiger partial charge in [0.05, 0.1) is 22.1 Å². The zero-order valence-corrected chi connectivity index (χ0v) is 12.0. The van der Waals surface area contributed by atoms with Crippen LogP contribution in [0.2, 0.25) is 0 Å². The molecule has 0 fully saturated rings. The van der Waals surface area contributed by atoms with Gasteiger partial charge in [-0.3, -0.25) is 0 Å². The highest BCUT2D eigenvalue weighted by molar-refractivity contribution is 5.91. The maximum Gasteiger partial charge on any atom is 0.113 e. The normalized spacial score (nSPS) is 12.6. The smallest absolute Gasteiger partial charge is 0.113 e. The van der Waals surface area contributed by atoms with E-state index < -0.39 is 0 Å². The number of aryl methyl sites for hydroxylation is 1. The third-order valence-corrected chi connectivity index (χ3v) is 4.34. The molecule has 4 heteroatoms. The van der Waals surface area contributed by atoms with E-state index in [4.69, 9.17) is 4.98 Å². The highest BCUT2D eigenvalue weighted by atomic mass is 15.0. The van der Waals surface area contributed by atoms with E-state index in [9.17, 15) is 0 Å². The Labute approximate surface area is 112 Å². The number of rotatable bonds is 3. The molecule has 0 aliphatic carbocycles. The number of hydrogen-bond donors (Lipinski definition) is 2. The molecule has 3 aromatic rings. The second-order valence-corrected chi connectivity index (χ2v) is 5.56. The number of fused-ring (bicyclic) bond motifs is 2. The number of aromatic nitrogens is 4. The number of imidazole rings is 2. The average molecular weight is 256 g/mol. The number of hydrogen-bond acceptors (Lipinski definition) is 2. The minimum atomic E-state index is 0.121. The van der Waals surface area contributed by atoms with Gasteiger partial charge in [-0.25, -0.2) is 9.97 Å². The molecule has 3 rings (SSSR count). The fourth-order valence-corrected chi connectivity index (χ4v) is 2.51. The summed E-state index contributed by atoms with van der Waals surface area (Å²) in [5, 5.41) is 0. The molecule has 0 spiro atoms. The largest absolute Gasteiger partial charge is 0.342 e. The van der Waals surface area contributed by atoms with E-state index >= 15 is 0 Å². The highest BCUT2D eigenvalue weighted by Crippen LogP contribution is 2.31. The summed E-state index contributed by atoms with van der Waals surface area (Å²) in [6.45, 7) is 8.66.